The first-order valence-electron chi connectivity index (χ1n) is 10.8. The fraction of sp³-hybridized carbons (Fsp3) is 0.269. The average molecular weight is 414 g/mol. The Bertz CT molecular complexity index is 1310. The summed E-state index contributed by atoms with van der Waals surface area (Å²) in [5.41, 5.74) is 1.26. The van der Waals surface area contributed by atoms with E-state index >= 15 is 0 Å². The number of hydrogen-bond donors (Lipinski definition) is 0. The van der Waals surface area contributed by atoms with E-state index in [4.69, 9.17) is 4.98 Å². The van der Waals surface area contributed by atoms with Gasteiger partial charge in [0.1, 0.15) is 5.82 Å². The first-order valence-corrected chi connectivity index (χ1v) is 10.8. The smallest absolute Gasteiger partial charge is 0.266 e. The summed E-state index contributed by atoms with van der Waals surface area (Å²) >= 11 is 0. The molecule has 5 heteroatoms. The summed E-state index contributed by atoms with van der Waals surface area (Å²) in [5, 5.41) is 2.71. The lowest BCUT2D eigenvalue weighted by Gasteiger charge is -2.27. The molecule has 1 atom stereocenters. The predicted octanol–water partition coefficient (Wildman–Crippen LogP) is 5.25. The fourth-order valence-corrected chi connectivity index (χ4v) is 3.89. The zero-order chi connectivity index (χ0) is 22.0. The van der Waals surface area contributed by atoms with Crippen molar-refractivity contribution in [1.82, 2.24) is 14.5 Å². The maximum Gasteiger partial charge on any atom is 0.266 e. The van der Waals surface area contributed by atoms with Gasteiger partial charge in [-0.2, -0.15) is 0 Å². The Kier molecular flexibility index (Phi) is 5.85. The maximum atomic E-state index is 13.6. The molecule has 0 N–H and O–H groups in total. The minimum atomic E-state index is -0.354. The Balaban J connectivity index is 1.91. The number of rotatable bonds is 6. The molecular weight excluding hydrogens is 386 g/mol. The first-order chi connectivity index (χ1) is 15.0. The van der Waals surface area contributed by atoms with Gasteiger partial charge in [0.25, 0.3) is 5.56 Å². The molecular formula is C26H27N3O2. The summed E-state index contributed by atoms with van der Waals surface area (Å²) in [7, 11) is 1.79. The summed E-state index contributed by atoms with van der Waals surface area (Å²) in [5.74, 6) is 0.619. The number of hydrogen-bond acceptors (Lipinski definition) is 3. The number of para-hydroxylation sites is 1. The van der Waals surface area contributed by atoms with Gasteiger partial charge in [-0.05, 0) is 48.4 Å². The Morgan fingerprint density at radius 2 is 1.74 bits per heavy atom. The van der Waals surface area contributed by atoms with Gasteiger partial charge >= 0.3 is 0 Å². The van der Waals surface area contributed by atoms with E-state index in [0.717, 1.165) is 29.3 Å². The lowest BCUT2D eigenvalue weighted by atomic mass is 10.1. The number of carbonyl (C=O) groups excluding carboxylic acids is 1. The van der Waals surface area contributed by atoms with Crippen LogP contribution in [-0.2, 0) is 4.79 Å². The molecule has 0 spiro atoms. The van der Waals surface area contributed by atoms with E-state index in [2.05, 4.69) is 6.92 Å². The monoisotopic (exact) mass is 413 g/mol. The van der Waals surface area contributed by atoms with Crippen molar-refractivity contribution in [1.29, 1.82) is 0 Å². The van der Waals surface area contributed by atoms with Crippen LogP contribution in [0.5, 0.6) is 0 Å². The van der Waals surface area contributed by atoms with Crippen molar-refractivity contribution in [3.63, 3.8) is 0 Å². The van der Waals surface area contributed by atoms with Crippen molar-refractivity contribution in [2.75, 3.05) is 7.05 Å². The van der Waals surface area contributed by atoms with E-state index in [1.807, 2.05) is 67.6 Å². The third-order valence-electron chi connectivity index (χ3n) is 5.89. The number of carbonyl (C=O) groups is 1. The number of unbranched alkanes of at least 4 members (excludes halogenated alkanes) is 1. The second kappa shape index (κ2) is 8.72. The molecule has 0 aliphatic carbocycles. The minimum Gasteiger partial charge on any atom is -0.336 e. The standard InChI is InChI=1S/C26H27N3O2/c1-4-5-14-24(30)28(3)18(2)25-27-23-13-9-8-12-22(23)26(31)29(25)21-16-15-19-10-6-7-11-20(19)17-21/h6-13,15-18H,4-5,14H2,1-3H3. The molecule has 3 aromatic carbocycles. The van der Waals surface area contributed by atoms with Crippen LogP contribution in [0.2, 0.25) is 0 Å². The molecule has 1 aromatic heterocycles. The highest BCUT2D eigenvalue weighted by molar-refractivity contribution is 5.85. The van der Waals surface area contributed by atoms with Gasteiger partial charge in [0.05, 0.1) is 22.6 Å². The Morgan fingerprint density at radius 3 is 2.52 bits per heavy atom. The predicted molar refractivity (Wildman–Crippen MR) is 126 cm³/mol. The van der Waals surface area contributed by atoms with Crippen LogP contribution >= 0.6 is 0 Å². The maximum absolute atomic E-state index is 13.6. The molecule has 0 aliphatic heterocycles. The van der Waals surface area contributed by atoms with Gasteiger partial charge in [-0.1, -0.05) is 55.8 Å². The third kappa shape index (κ3) is 3.96. The van der Waals surface area contributed by atoms with Crippen LogP contribution in [-0.4, -0.2) is 27.4 Å². The molecule has 1 heterocycles. The fourth-order valence-electron chi connectivity index (χ4n) is 3.89. The summed E-state index contributed by atoms with van der Waals surface area (Å²) in [4.78, 5) is 32.8. The van der Waals surface area contributed by atoms with Gasteiger partial charge in [-0.25, -0.2) is 4.98 Å². The molecule has 4 rings (SSSR count). The Morgan fingerprint density at radius 1 is 1.03 bits per heavy atom. The Hall–Kier alpha value is -3.47. The third-order valence-corrected chi connectivity index (χ3v) is 5.89. The topological polar surface area (TPSA) is 55.2 Å². The van der Waals surface area contributed by atoms with Gasteiger partial charge in [0.15, 0.2) is 0 Å². The van der Waals surface area contributed by atoms with Crippen molar-refractivity contribution in [2.24, 2.45) is 0 Å². The number of nitrogens with zero attached hydrogens (tertiary/aromatic N) is 3. The second-order valence-electron chi connectivity index (χ2n) is 7.94. The molecule has 1 amide bonds. The first kappa shape index (κ1) is 20.8. The zero-order valence-corrected chi connectivity index (χ0v) is 18.2. The highest BCUT2D eigenvalue weighted by Gasteiger charge is 2.24. The van der Waals surface area contributed by atoms with E-state index in [1.54, 1.807) is 22.6 Å². The number of fused-ring (bicyclic) bond motifs is 2. The van der Waals surface area contributed by atoms with Gasteiger partial charge in [0.2, 0.25) is 5.91 Å². The molecule has 0 bridgehead atoms. The molecule has 0 radical (unpaired) electrons. The summed E-state index contributed by atoms with van der Waals surface area (Å²) in [6.45, 7) is 4.00. The molecule has 5 nitrogen and oxygen atoms in total. The zero-order valence-electron chi connectivity index (χ0n) is 18.2. The lowest BCUT2D eigenvalue weighted by Crippen LogP contribution is -2.34. The number of benzene rings is 3. The van der Waals surface area contributed by atoms with Crippen molar-refractivity contribution < 1.29 is 4.79 Å². The van der Waals surface area contributed by atoms with Crippen LogP contribution in [0, 0.1) is 0 Å². The molecule has 31 heavy (non-hydrogen) atoms. The number of aromatic nitrogens is 2. The molecule has 0 aliphatic rings. The average Bonchev–Trinajstić information content (AvgIpc) is 2.81. The van der Waals surface area contributed by atoms with E-state index in [9.17, 15) is 9.59 Å². The normalized spacial score (nSPS) is 12.2. The van der Waals surface area contributed by atoms with E-state index in [0.29, 0.717) is 23.1 Å². The van der Waals surface area contributed by atoms with E-state index < -0.39 is 0 Å². The highest BCUT2D eigenvalue weighted by atomic mass is 16.2. The summed E-state index contributed by atoms with van der Waals surface area (Å²) < 4.78 is 1.66. The molecule has 158 valence electrons. The van der Waals surface area contributed by atoms with Crippen molar-refractivity contribution in [3.05, 3.63) is 82.9 Å². The molecule has 1 unspecified atom stereocenters. The van der Waals surface area contributed by atoms with Crippen LogP contribution in [0.25, 0.3) is 27.4 Å². The highest BCUT2D eigenvalue weighted by Crippen LogP contribution is 2.24. The quantitative estimate of drug-likeness (QED) is 0.434. The summed E-state index contributed by atoms with van der Waals surface area (Å²) in [6.07, 6.45) is 2.30. The van der Waals surface area contributed by atoms with Crippen LogP contribution < -0.4 is 5.56 Å². The van der Waals surface area contributed by atoms with Crippen molar-refractivity contribution in [3.8, 4) is 5.69 Å². The Labute approximate surface area is 182 Å². The molecule has 0 saturated carbocycles. The van der Waals surface area contributed by atoms with E-state index in [1.165, 1.54) is 0 Å². The largest absolute Gasteiger partial charge is 0.336 e. The SMILES string of the molecule is CCCCC(=O)N(C)C(C)c1nc2ccccc2c(=O)n1-c1ccc2ccccc2c1. The van der Waals surface area contributed by atoms with E-state index in [-0.39, 0.29) is 17.5 Å². The lowest BCUT2D eigenvalue weighted by molar-refractivity contribution is -0.132. The van der Waals surface area contributed by atoms with Gasteiger partial charge in [-0.3, -0.25) is 14.2 Å². The van der Waals surface area contributed by atoms with Crippen LogP contribution in [0.15, 0.2) is 71.5 Å². The van der Waals surface area contributed by atoms with Gasteiger partial charge in [-0.15, -0.1) is 0 Å². The van der Waals surface area contributed by atoms with Crippen molar-refractivity contribution in [2.45, 2.75) is 39.2 Å². The van der Waals surface area contributed by atoms with Crippen LogP contribution in [0.1, 0.15) is 45.0 Å². The van der Waals surface area contributed by atoms with Gasteiger partial charge < -0.3 is 4.90 Å². The molecule has 0 fully saturated rings. The minimum absolute atomic E-state index is 0.0572. The molecule has 4 aromatic rings. The van der Waals surface area contributed by atoms with Gasteiger partial charge in [0, 0.05) is 13.5 Å². The second-order valence-corrected chi connectivity index (χ2v) is 7.94. The van der Waals surface area contributed by atoms with Crippen LogP contribution in [0.4, 0.5) is 0 Å². The summed E-state index contributed by atoms with van der Waals surface area (Å²) in [6, 6.07) is 21.0. The van der Waals surface area contributed by atoms with Crippen molar-refractivity contribution >= 4 is 27.6 Å². The van der Waals surface area contributed by atoms with Crippen LogP contribution in [0.3, 0.4) is 0 Å². The molecule has 0 saturated heterocycles. The number of amides is 1.